The third-order valence-electron chi connectivity index (χ3n) is 2.95. The predicted octanol–water partition coefficient (Wildman–Crippen LogP) is 4.74. The molecule has 0 amide bonds. The molecule has 0 aliphatic carbocycles. The molecule has 0 aromatic carbocycles. The molecule has 1 heterocycles. The molecule has 14 heavy (non-hydrogen) atoms. The molecule has 1 aromatic heterocycles. The smallest absolute Gasteiger partial charge is 0.0336 e. The van der Waals surface area contributed by atoms with Crippen LogP contribution in [0.2, 0.25) is 0 Å². The Hall–Kier alpha value is -0.560. The van der Waals surface area contributed by atoms with E-state index >= 15 is 0 Å². The quantitative estimate of drug-likeness (QED) is 0.658. The molecule has 0 nitrogen and oxygen atoms in total. The van der Waals surface area contributed by atoms with E-state index in [-0.39, 0.29) is 0 Å². The summed E-state index contributed by atoms with van der Waals surface area (Å²) in [5.41, 5.74) is 5.93. The lowest BCUT2D eigenvalue weighted by Gasteiger charge is -2.04. The van der Waals surface area contributed by atoms with Crippen LogP contribution in [0.3, 0.4) is 0 Å². The second-order valence-corrected chi connectivity index (χ2v) is 5.29. The normalized spacial score (nSPS) is 10.4. The zero-order valence-electron chi connectivity index (χ0n) is 10.1. The maximum Gasteiger partial charge on any atom is 0.0336 e. The molecule has 1 heteroatoms. The third kappa shape index (κ3) is 1.93. The summed E-state index contributed by atoms with van der Waals surface area (Å²) in [5, 5.41) is 0. The first-order chi connectivity index (χ1) is 6.49. The monoisotopic (exact) mass is 208 g/mol. The highest BCUT2D eigenvalue weighted by atomic mass is 32.1. The van der Waals surface area contributed by atoms with Crippen molar-refractivity contribution in [1.82, 2.24) is 0 Å². The highest BCUT2D eigenvalue weighted by Crippen LogP contribution is 2.34. The Bertz CT molecular complexity index is 363. The molecule has 0 atom stereocenters. The molecule has 0 saturated carbocycles. The molecule has 0 aliphatic heterocycles. The molecule has 0 aliphatic rings. The van der Waals surface area contributed by atoms with E-state index in [0.717, 1.165) is 6.42 Å². The van der Waals surface area contributed by atoms with E-state index in [2.05, 4.69) is 41.5 Å². The lowest BCUT2D eigenvalue weighted by Crippen LogP contribution is -1.87. The number of aryl methyl sites for hydroxylation is 1. The predicted molar refractivity (Wildman–Crippen MR) is 67.1 cm³/mol. The Kier molecular flexibility index (Phi) is 3.54. The van der Waals surface area contributed by atoms with Crippen LogP contribution in [0.1, 0.15) is 48.6 Å². The molecule has 1 aromatic rings. The van der Waals surface area contributed by atoms with Crippen LogP contribution in [-0.4, -0.2) is 0 Å². The molecule has 1 rings (SSSR count). The van der Waals surface area contributed by atoms with Gasteiger partial charge in [-0.05, 0) is 57.7 Å². The van der Waals surface area contributed by atoms with Gasteiger partial charge in [0.15, 0.2) is 0 Å². The minimum Gasteiger partial charge on any atom is -0.140 e. The van der Waals surface area contributed by atoms with Crippen LogP contribution in [0.4, 0.5) is 0 Å². The van der Waals surface area contributed by atoms with Crippen LogP contribution in [0.5, 0.6) is 0 Å². The number of hydrogen-bond donors (Lipinski definition) is 0. The molecular weight excluding hydrogens is 188 g/mol. The van der Waals surface area contributed by atoms with E-state index in [0.29, 0.717) is 0 Å². The molecule has 0 radical (unpaired) electrons. The highest BCUT2D eigenvalue weighted by Gasteiger charge is 2.12. The van der Waals surface area contributed by atoms with Gasteiger partial charge in [0.1, 0.15) is 0 Å². The summed E-state index contributed by atoms with van der Waals surface area (Å²) < 4.78 is 0. The fourth-order valence-electron chi connectivity index (χ4n) is 1.63. The third-order valence-corrected chi connectivity index (χ3v) is 4.32. The molecular formula is C13H20S. The lowest BCUT2D eigenvalue weighted by atomic mass is 10.0. The van der Waals surface area contributed by atoms with Crippen molar-refractivity contribution >= 4 is 16.9 Å². The van der Waals surface area contributed by atoms with Crippen LogP contribution in [0, 0.1) is 13.8 Å². The van der Waals surface area contributed by atoms with Crippen molar-refractivity contribution in [3.63, 3.8) is 0 Å². The first-order valence-electron chi connectivity index (χ1n) is 5.22. The van der Waals surface area contributed by atoms with Crippen LogP contribution < -0.4 is 0 Å². The first kappa shape index (κ1) is 11.5. The number of hydrogen-bond acceptors (Lipinski definition) is 1. The molecule has 0 bridgehead atoms. The van der Waals surface area contributed by atoms with E-state index in [1.807, 2.05) is 11.3 Å². The summed E-state index contributed by atoms with van der Waals surface area (Å²) in [6, 6.07) is 0. The minimum absolute atomic E-state index is 1.15. The van der Waals surface area contributed by atoms with Crippen molar-refractivity contribution in [3.8, 4) is 0 Å². The summed E-state index contributed by atoms with van der Waals surface area (Å²) in [5.74, 6) is 0. The van der Waals surface area contributed by atoms with Gasteiger partial charge in [-0.25, -0.2) is 0 Å². The van der Waals surface area contributed by atoms with Crippen LogP contribution in [0.25, 0.3) is 5.57 Å². The van der Waals surface area contributed by atoms with Gasteiger partial charge in [0.2, 0.25) is 0 Å². The zero-order chi connectivity index (χ0) is 10.9. The van der Waals surface area contributed by atoms with Gasteiger partial charge in [-0.3, -0.25) is 0 Å². The van der Waals surface area contributed by atoms with E-state index in [9.17, 15) is 0 Å². The second-order valence-electron chi connectivity index (χ2n) is 4.07. The molecule has 0 N–H and O–H groups in total. The van der Waals surface area contributed by atoms with E-state index in [1.54, 1.807) is 5.56 Å². The van der Waals surface area contributed by atoms with Gasteiger partial charge in [-0.1, -0.05) is 12.5 Å². The Labute approximate surface area is 91.7 Å². The average Bonchev–Trinajstić information content (AvgIpc) is 2.41. The maximum atomic E-state index is 2.25. The topological polar surface area (TPSA) is 0 Å². The van der Waals surface area contributed by atoms with Crippen LogP contribution in [0.15, 0.2) is 5.57 Å². The van der Waals surface area contributed by atoms with Crippen LogP contribution >= 0.6 is 11.3 Å². The van der Waals surface area contributed by atoms with Crippen molar-refractivity contribution in [2.24, 2.45) is 0 Å². The summed E-state index contributed by atoms with van der Waals surface area (Å²) in [7, 11) is 0. The Morgan fingerprint density at radius 2 is 1.71 bits per heavy atom. The number of allylic oxidation sites excluding steroid dienone is 2. The second kappa shape index (κ2) is 4.31. The van der Waals surface area contributed by atoms with Gasteiger partial charge in [0.05, 0.1) is 0 Å². The van der Waals surface area contributed by atoms with Crippen LogP contribution in [-0.2, 0) is 6.42 Å². The van der Waals surface area contributed by atoms with Crippen molar-refractivity contribution in [2.75, 3.05) is 0 Å². The summed E-state index contributed by atoms with van der Waals surface area (Å²) >= 11 is 1.94. The van der Waals surface area contributed by atoms with Crippen molar-refractivity contribution in [1.29, 1.82) is 0 Å². The van der Waals surface area contributed by atoms with Gasteiger partial charge in [0.25, 0.3) is 0 Å². The van der Waals surface area contributed by atoms with Gasteiger partial charge < -0.3 is 0 Å². The molecule has 78 valence electrons. The minimum atomic E-state index is 1.15. The van der Waals surface area contributed by atoms with Gasteiger partial charge >= 0.3 is 0 Å². The number of rotatable bonds is 2. The van der Waals surface area contributed by atoms with Crippen molar-refractivity contribution < 1.29 is 0 Å². The van der Waals surface area contributed by atoms with Gasteiger partial charge in [-0.2, -0.15) is 0 Å². The summed E-state index contributed by atoms with van der Waals surface area (Å²) in [4.78, 5) is 2.97. The lowest BCUT2D eigenvalue weighted by molar-refractivity contribution is 1.11. The van der Waals surface area contributed by atoms with E-state index in [4.69, 9.17) is 0 Å². The maximum absolute atomic E-state index is 2.25. The Morgan fingerprint density at radius 1 is 1.14 bits per heavy atom. The highest BCUT2D eigenvalue weighted by molar-refractivity contribution is 7.13. The number of thiophene rings is 1. The standard InChI is InChI=1S/C13H20S/c1-7-12-10(5)11(6)14-13(12)9(4)8(2)3/h7H2,1-6H3. The summed E-state index contributed by atoms with van der Waals surface area (Å²) in [6.07, 6.45) is 1.15. The molecule has 0 fully saturated rings. The van der Waals surface area contributed by atoms with E-state index in [1.165, 1.54) is 26.5 Å². The molecule has 0 unspecified atom stereocenters. The summed E-state index contributed by atoms with van der Waals surface area (Å²) in [6.45, 7) is 13.3. The van der Waals surface area contributed by atoms with Crippen molar-refractivity contribution in [2.45, 2.75) is 48.0 Å². The zero-order valence-corrected chi connectivity index (χ0v) is 10.9. The van der Waals surface area contributed by atoms with Gasteiger partial charge in [0, 0.05) is 9.75 Å². The SMILES string of the molecule is CCc1c(C(C)=C(C)C)sc(C)c1C. The van der Waals surface area contributed by atoms with Gasteiger partial charge in [-0.15, -0.1) is 11.3 Å². The largest absolute Gasteiger partial charge is 0.140 e. The molecule has 0 saturated heterocycles. The Balaban J connectivity index is 3.36. The first-order valence-corrected chi connectivity index (χ1v) is 6.04. The van der Waals surface area contributed by atoms with Crippen molar-refractivity contribution in [3.05, 3.63) is 26.5 Å². The van der Waals surface area contributed by atoms with E-state index < -0.39 is 0 Å². The fraction of sp³-hybridized carbons (Fsp3) is 0.538. The fourth-order valence-corrected chi connectivity index (χ4v) is 2.99. The molecule has 0 spiro atoms. The Morgan fingerprint density at radius 3 is 2.14 bits per heavy atom. The average molecular weight is 208 g/mol.